The average molecular weight is 271 g/mol. The van der Waals surface area contributed by atoms with Gasteiger partial charge in [0.25, 0.3) is 0 Å². The highest BCUT2D eigenvalue weighted by Crippen LogP contribution is 2.12. The molecule has 1 aromatic heterocycles. The molecular weight excluding hydrogens is 258 g/mol. The second-order valence-corrected chi connectivity index (χ2v) is 5.10. The summed E-state index contributed by atoms with van der Waals surface area (Å²) in [6, 6.07) is 9.68. The summed E-state index contributed by atoms with van der Waals surface area (Å²) >= 11 is 1.41. The van der Waals surface area contributed by atoms with E-state index in [0.717, 1.165) is 16.3 Å². The van der Waals surface area contributed by atoms with Crippen LogP contribution in [0.1, 0.15) is 16.3 Å². The first-order chi connectivity index (χ1) is 9.17. The van der Waals surface area contributed by atoms with Crippen LogP contribution in [-0.4, -0.2) is 10.9 Å². The molecule has 0 atom stereocenters. The van der Waals surface area contributed by atoms with Gasteiger partial charge < -0.3 is 5.32 Å². The molecule has 4 nitrogen and oxygen atoms in total. The highest BCUT2D eigenvalue weighted by molar-refractivity contribution is 7.09. The number of anilines is 1. The van der Waals surface area contributed by atoms with Crippen LogP contribution in [0.3, 0.4) is 0 Å². The van der Waals surface area contributed by atoms with Gasteiger partial charge in [-0.1, -0.05) is 17.7 Å². The molecule has 5 heteroatoms. The second-order valence-electron chi connectivity index (χ2n) is 4.16. The van der Waals surface area contributed by atoms with Crippen molar-refractivity contribution in [1.29, 1.82) is 5.26 Å². The summed E-state index contributed by atoms with van der Waals surface area (Å²) in [5, 5.41) is 14.0. The largest absolute Gasteiger partial charge is 0.326 e. The molecule has 19 heavy (non-hydrogen) atoms. The van der Waals surface area contributed by atoms with Crippen molar-refractivity contribution in [3.8, 4) is 6.07 Å². The number of nitrogens with one attached hydrogen (secondary N) is 1. The summed E-state index contributed by atoms with van der Waals surface area (Å²) in [7, 11) is 0. The van der Waals surface area contributed by atoms with Crippen LogP contribution in [0.15, 0.2) is 29.6 Å². The van der Waals surface area contributed by atoms with Crippen LogP contribution >= 0.6 is 11.3 Å². The van der Waals surface area contributed by atoms with Gasteiger partial charge in [-0.05, 0) is 19.1 Å². The van der Waals surface area contributed by atoms with Gasteiger partial charge in [0, 0.05) is 11.1 Å². The van der Waals surface area contributed by atoms with E-state index < -0.39 is 0 Å². The van der Waals surface area contributed by atoms with Gasteiger partial charge in [0.15, 0.2) is 0 Å². The lowest BCUT2D eigenvalue weighted by atomic mass is 10.2. The predicted molar refractivity (Wildman–Crippen MR) is 74.9 cm³/mol. The van der Waals surface area contributed by atoms with Crippen molar-refractivity contribution in [2.24, 2.45) is 0 Å². The molecule has 1 heterocycles. The molecule has 2 aromatic rings. The van der Waals surface area contributed by atoms with Crippen LogP contribution in [0.25, 0.3) is 0 Å². The van der Waals surface area contributed by atoms with E-state index in [4.69, 9.17) is 5.26 Å². The first-order valence-electron chi connectivity index (χ1n) is 5.84. The van der Waals surface area contributed by atoms with Gasteiger partial charge in [-0.2, -0.15) is 5.26 Å². The third kappa shape index (κ3) is 3.90. The van der Waals surface area contributed by atoms with Crippen molar-refractivity contribution in [2.45, 2.75) is 19.8 Å². The van der Waals surface area contributed by atoms with Gasteiger partial charge in [0.1, 0.15) is 5.01 Å². The lowest BCUT2D eigenvalue weighted by molar-refractivity contribution is -0.115. The Morgan fingerprint density at radius 1 is 1.42 bits per heavy atom. The van der Waals surface area contributed by atoms with Crippen molar-refractivity contribution >= 4 is 22.9 Å². The van der Waals surface area contributed by atoms with Crippen molar-refractivity contribution in [1.82, 2.24) is 4.98 Å². The van der Waals surface area contributed by atoms with E-state index in [-0.39, 0.29) is 12.3 Å². The van der Waals surface area contributed by atoms with Crippen LogP contribution in [0.2, 0.25) is 0 Å². The van der Waals surface area contributed by atoms with Gasteiger partial charge in [-0.3, -0.25) is 4.79 Å². The quantitative estimate of drug-likeness (QED) is 0.929. The molecule has 0 bridgehead atoms. The molecule has 1 N–H and O–H groups in total. The first kappa shape index (κ1) is 13.2. The van der Waals surface area contributed by atoms with Crippen LogP contribution in [0.4, 0.5) is 5.69 Å². The molecule has 0 aliphatic heterocycles. The van der Waals surface area contributed by atoms with Crippen LogP contribution < -0.4 is 5.32 Å². The van der Waals surface area contributed by atoms with Crippen molar-refractivity contribution < 1.29 is 4.79 Å². The van der Waals surface area contributed by atoms with Crippen molar-refractivity contribution in [2.75, 3.05) is 5.32 Å². The number of hydrogen-bond acceptors (Lipinski definition) is 4. The van der Waals surface area contributed by atoms with Crippen molar-refractivity contribution in [3.05, 3.63) is 45.9 Å². The van der Waals surface area contributed by atoms with Gasteiger partial charge in [0.05, 0.1) is 24.6 Å². The van der Waals surface area contributed by atoms with E-state index >= 15 is 0 Å². The summed E-state index contributed by atoms with van der Waals surface area (Å²) in [4.78, 5) is 16.1. The smallest absolute Gasteiger partial charge is 0.230 e. The fraction of sp³-hybridized carbons (Fsp3) is 0.214. The summed E-state index contributed by atoms with van der Waals surface area (Å²) in [5.41, 5.74) is 2.64. The van der Waals surface area contributed by atoms with Gasteiger partial charge >= 0.3 is 0 Å². The molecule has 1 amide bonds. The SMILES string of the molecule is Cc1ccc(NC(=O)Cc2csc(CC#N)n2)cc1. The van der Waals surface area contributed by atoms with Gasteiger partial charge in [-0.15, -0.1) is 11.3 Å². The van der Waals surface area contributed by atoms with E-state index in [1.807, 2.05) is 42.6 Å². The molecule has 0 spiro atoms. The van der Waals surface area contributed by atoms with Crippen LogP contribution in [0, 0.1) is 18.3 Å². The lowest BCUT2D eigenvalue weighted by Crippen LogP contribution is -2.14. The van der Waals surface area contributed by atoms with Crippen LogP contribution in [0.5, 0.6) is 0 Å². The number of amides is 1. The highest BCUT2D eigenvalue weighted by atomic mass is 32.1. The normalized spacial score (nSPS) is 9.89. The van der Waals surface area contributed by atoms with E-state index in [9.17, 15) is 4.79 Å². The first-order valence-corrected chi connectivity index (χ1v) is 6.72. The van der Waals surface area contributed by atoms with E-state index in [1.54, 1.807) is 0 Å². The molecule has 0 aliphatic rings. The number of nitriles is 1. The maximum absolute atomic E-state index is 11.8. The van der Waals surface area contributed by atoms with Crippen molar-refractivity contribution in [3.63, 3.8) is 0 Å². The number of benzene rings is 1. The average Bonchev–Trinajstić information content (AvgIpc) is 2.80. The minimum Gasteiger partial charge on any atom is -0.326 e. The minimum absolute atomic E-state index is 0.0994. The van der Waals surface area contributed by atoms with Crippen LogP contribution in [-0.2, 0) is 17.6 Å². The van der Waals surface area contributed by atoms with Gasteiger partial charge in [-0.25, -0.2) is 4.98 Å². The predicted octanol–water partition coefficient (Wildman–Crippen LogP) is 2.70. The zero-order valence-electron chi connectivity index (χ0n) is 10.5. The fourth-order valence-corrected chi connectivity index (χ4v) is 2.31. The molecule has 2 rings (SSSR count). The standard InChI is InChI=1S/C14H13N3OS/c1-10-2-4-11(5-3-10)16-13(18)8-12-9-19-14(17-12)6-7-15/h2-5,9H,6,8H2,1H3,(H,16,18). The molecule has 1 aromatic carbocycles. The van der Waals surface area contributed by atoms with E-state index in [2.05, 4.69) is 10.3 Å². The Morgan fingerprint density at radius 2 is 2.16 bits per heavy atom. The lowest BCUT2D eigenvalue weighted by Gasteiger charge is -2.04. The Kier molecular flexibility index (Phi) is 4.26. The Bertz CT molecular complexity index is 610. The molecule has 0 saturated carbocycles. The maximum Gasteiger partial charge on any atom is 0.230 e. The van der Waals surface area contributed by atoms with E-state index in [0.29, 0.717) is 12.1 Å². The third-order valence-electron chi connectivity index (χ3n) is 2.51. The third-order valence-corrected chi connectivity index (χ3v) is 3.40. The van der Waals surface area contributed by atoms with E-state index in [1.165, 1.54) is 11.3 Å². The minimum atomic E-state index is -0.0994. The number of carbonyl (C=O) groups is 1. The molecular formula is C14H13N3OS. The number of thiazole rings is 1. The molecule has 0 saturated heterocycles. The number of rotatable bonds is 4. The number of hydrogen-bond donors (Lipinski definition) is 1. The molecule has 96 valence electrons. The summed E-state index contributed by atoms with van der Waals surface area (Å²) in [6.45, 7) is 2.00. The fourth-order valence-electron chi connectivity index (χ4n) is 1.59. The number of aryl methyl sites for hydroxylation is 1. The zero-order chi connectivity index (χ0) is 13.7. The molecule has 0 fully saturated rings. The maximum atomic E-state index is 11.8. The number of aromatic nitrogens is 1. The highest BCUT2D eigenvalue weighted by Gasteiger charge is 2.08. The summed E-state index contributed by atoms with van der Waals surface area (Å²) in [5.74, 6) is -0.0994. The Labute approximate surface area is 115 Å². The molecule has 0 unspecified atom stereocenters. The molecule has 0 aliphatic carbocycles. The van der Waals surface area contributed by atoms with Gasteiger partial charge in [0.2, 0.25) is 5.91 Å². The summed E-state index contributed by atoms with van der Waals surface area (Å²) in [6.07, 6.45) is 0.528. The Hall–Kier alpha value is -2.19. The topological polar surface area (TPSA) is 65.8 Å². The number of nitrogens with zero attached hydrogens (tertiary/aromatic N) is 2. The summed E-state index contributed by atoms with van der Waals surface area (Å²) < 4.78 is 0. The Morgan fingerprint density at radius 3 is 2.84 bits per heavy atom. The zero-order valence-corrected chi connectivity index (χ0v) is 11.3. The molecule has 0 radical (unpaired) electrons. The Balaban J connectivity index is 1.93. The number of carbonyl (C=O) groups excluding carboxylic acids is 1. The monoisotopic (exact) mass is 271 g/mol. The second kappa shape index (κ2) is 6.12.